The van der Waals surface area contributed by atoms with Crippen molar-refractivity contribution in [2.24, 2.45) is 11.7 Å². The van der Waals surface area contributed by atoms with E-state index in [1.54, 1.807) is 0 Å². The fourth-order valence-corrected chi connectivity index (χ4v) is 2.11. The molecule has 0 saturated heterocycles. The molecule has 0 bridgehead atoms. The Kier molecular flexibility index (Phi) is 6.90. The fourth-order valence-electron chi connectivity index (χ4n) is 2.11. The van der Waals surface area contributed by atoms with Crippen molar-refractivity contribution in [3.63, 3.8) is 0 Å². The van der Waals surface area contributed by atoms with E-state index in [4.69, 9.17) is 10.5 Å². The highest BCUT2D eigenvalue weighted by Crippen LogP contribution is 2.14. The maximum absolute atomic E-state index is 6.14. The summed E-state index contributed by atoms with van der Waals surface area (Å²) in [5, 5.41) is 0. The molecule has 1 aromatic rings. The Morgan fingerprint density at radius 1 is 1.12 bits per heavy atom. The third-order valence-electron chi connectivity index (χ3n) is 3.36. The van der Waals surface area contributed by atoms with Crippen molar-refractivity contribution in [2.75, 3.05) is 6.61 Å². The molecule has 96 valence electrons. The summed E-state index contributed by atoms with van der Waals surface area (Å²) in [5.41, 5.74) is 7.36. The average Bonchev–Trinajstić information content (AvgIpc) is 2.37. The number of rotatable bonds is 8. The normalized spacial score (nSPS) is 12.9. The van der Waals surface area contributed by atoms with Crippen LogP contribution in [0.15, 0.2) is 30.3 Å². The third-order valence-corrected chi connectivity index (χ3v) is 3.36. The van der Waals surface area contributed by atoms with Gasteiger partial charge in [-0.15, -0.1) is 0 Å². The van der Waals surface area contributed by atoms with Gasteiger partial charge in [-0.2, -0.15) is 0 Å². The zero-order valence-corrected chi connectivity index (χ0v) is 11.1. The lowest BCUT2D eigenvalue weighted by molar-refractivity contribution is 0.108. The third kappa shape index (κ3) is 5.33. The Labute approximate surface area is 105 Å². The Hall–Kier alpha value is -0.860. The summed E-state index contributed by atoms with van der Waals surface area (Å²) in [7, 11) is 0. The highest BCUT2D eigenvalue weighted by molar-refractivity contribution is 5.13. The Bertz CT molecular complexity index is 282. The summed E-state index contributed by atoms with van der Waals surface area (Å²) < 4.78 is 5.65. The lowest BCUT2D eigenvalue weighted by Gasteiger charge is -2.20. The van der Waals surface area contributed by atoms with Crippen molar-refractivity contribution < 1.29 is 4.74 Å². The van der Waals surface area contributed by atoms with Gasteiger partial charge in [0, 0.05) is 12.6 Å². The molecule has 0 saturated carbocycles. The van der Waals surface area contributed by atoms with E-state index in [9.17, 15) is 0 Å². The Morgan fingerprint density at radius 2 is 1.76 bits per heavy atom. The molecule has 0 aromatic heterocycles. The van der Waals surface area contributed by atoms with Crippen molar-refractivity contribution >= 4 is 0 Å². The van der Waals surface area contributed by atoms with Crippen molar-refractivity contribution in [2.45, 2.75) is 45.8 Å². The molecule has 1 rings (SSSR count). The monoisotopic (exact) mass is 235 g/mol. The predicted molar refractivity (Wildman–Crippen MR) is 72.8 cm³/mol. The molecule has 0 aliphatic rings. The van der Waals surface area contributed by atoms with Crippen molar-refractivity contribution in [1.29, 1.82) is 0 Å². The largest absolute Gasteiger partial charge is 0.377 e. The van der Waals surface area contributed by atoms with Crippen LogP contribution in [0.1, 0.15) is 38.7 Å². The van der Waals surface area contributed by atoms with E-state index in [-0.39, 0.29) is 6.04 Å². The molecule has 2 nitrogen and oxygen atoms in total. The molecule has 1 unspecified atom stereocenters. The zero-order chi connectivity index (χ0) is 12.5. The molecule has 1 atom stereocenters. The van der Waals surface area contributed by atoms with Crippen molar-refractivity contribution in [1.82, 2.24) is 0 Å². The second kappa shape index (κ2) is 8.26. The first-order valence-electron chi connectivity index (χ1n) is 6.65. The van der Waals surface area contributed by atoms with E-state index in [0.717, 1.165) is 25.9 Å². The van der Waals surface area contributed by atoms with E-state index >= 15 is 0 Å². The van der Waals surface area contributed by atoms with Gasteiger partial charge >= 0.3 is 0 Å². The molecule has 0 aliphatic carbocycles. The lowest BCUT2D eigenvalue weighted by Crippen LogP contribution is -2.30. The van der Waals surface area contributed by atoms with E-state index < -0.39 is 0 Å². The van der Waals surface area contributed by atoms with Crippen LogP contribution in [0.2, 0.25) is 0 Å². The smallest absolute Gasteiger partial charge is 0.0716 e. The summed E-state index contributed by atoms with van der Waals surface area (Å²) in [6.45, 7) is 5.86. The second-order valence-electron chi connectivity index (χ2n) is 4.57. The zero-order valence-electron chi connectivity index (χ0n) is 11.1. The molecule has 17 heavy (non-hydrogen) atoms. The first-order valence-corrected chi connectivity index (χ1v) is 6.65. The first-order chi connectivity index (χ1) is 8.27. The molecule has 2 N–H and O–H groups in total. The topological polar surface area (TPSA) is 35.2 Å². The molecular formula is C15H25NO. The van der Waals surface area contributed by atoms with Gasteiger partial charge in [0.1, 0.15) is 0 Å². The molecule has 0 radical (unpaired) electrons. The predicted octanol–water partition coefficient (Wildman–Crippen LogP) is 3.36. The van der Waals surface area contributed by atoms with E-state index in [2.05, 4.69) is 26.0 Å². The fraction of sp³-hybridized carbons (Fsp3) is 0.600. The second-order valence-corrected chi connectivity index (χ2v) is 4.57. The molecule has 0 spiro atoms. The number of hydrogen-bond donors (Lipinski definition) is 1. The quantitative estimate of drug-likeness (QED) is 0.701. The lowest BCUT2D eigenvalue weighted by atomic mass is 9.93. The van der Waals surface area contributed by atoms with Gasteiger partial charge in [-0.3, -0.25) is 0 Å². The highest BCUT2D eigenvalue weighted by atomic mass is 16.5. The van der Waals surface area contributed by atoms with Crippen LogP contribution < -0.4 is 5.73 Å². The van der Waals surface area contributed by atoms with Crippen LogP contribution in [0.3, 0.4) is 0 Å². The minimum absolute atomic E-state index is 0.278. The summed E-state index contributed by atoms with van der Waals surface area (Å²) in [4.78, 5) is 0. The van der Waals surface area contributed by atoms with Gasteiger partial charge < -0.3 is 10.5 Å². The number of hydrogen-bond acceptors (Lipinski definition) is 2. The SMILES string of the molecule is CCC(CC)C(N)CCOCc1ccccc1. The van der Waals surface area contributed by atoms with E-state index in [0.29, 0.717) is 12.5 Å². The highest BCUT2D eigenvalue weighted by Gasteiger charge is 2.13. The van der Waals surface area contributed by atoms with Gasteiger partial charge in [0.15, 0.2) is 0 Å². The minimum atomic E-state index is 0.278. The van der Waals surface area contributed by atoms with Crippen molar-refractivity contribution in [3.8, 4) is 0 Å². The molecule has 1 aromatic carbocycles. The van der Waals surface area contributed by atoms with Crippen LogP contribution in [-0.2, 0) is 11.3 Å². The molecule has 0 amide bonds. The molecule has 0 heterocycles. The van der Waals surface area contributed by atoms with Crippen LogP contribution in [0.25, 0.3) is 0 Å². The number of ether oxygens (including phenoxy) is 1. The van der Waals surface area contributed by atoms with Gasteiger partial charge in [0.25, 0.3) is 0 Å². The van der Waals surface area contributed by atoms with Gasteiger partial charge in [0.2, 0.25) is 0 Å². The number of nitrogens with two attached hydrogens (primary N) is 1. The van der Waals surface area contributed by atoms with Crippen LogP contribution in [-0.4, -0.2) is 12.6 Å². The first kappa shape index (κ1) is 14.2. The van der Waals surface area contributed by atoms with Gasteiger partial charge in [-0.25, -0.2) is 0 Å². The number of benzene rings is 1. The van der Waals surface area contributed by atoms with Gasteiger partial charge in [-0.05, 0) is 17.9 Å². The van der Waals surface area contributed by atoms with Crippen LogP contribution in [0.5, 0.6) is 0 Å². The summed E-state index contributed by atoms with van der Waals surface area (Å²) in [6.07, 6.45) is 3.28. The minimum Gasteiger partial charge on any atom is -0.377 e. The molecular weight excluding hydrogens is 210 g/mol. The average molecular weight is 235 g/mol. The van der Waals surface area contributed by atoms with E-state index in [1.165, 1.54) is 5.56 Å². The van der Waals surface area contributed by atoms with Gasteiger partial charge in [-0.1, -0.05) is 57.0 Å². The van der Waals surface area contributed by atoms with Gasteiger partial charge in [0.05, 0.1) is 6.61 Å². The summed E-state index contributed by atoms with van der Waals surface area (Å²) in [5.74, 6) is 0.635. The standard InChI is InChI=1S/C15H25NO/c1-3-14(4-2)15(16)10-11-17-12-13-8-6-5-7-9-13/h5-9,14-15H,3-4,10-12,16H2,1-2H3. The molecule has 0 fully saturated rings. The van der Waals surface area contributed by atoms with Crippen LogP contribution in [0.4, 0.5) is 0 Å². The Balaban J connectivity index is 2.16. The van der Waals surface area contributed by atoms with Crippen molar-refractivity contribution in [3.05, 3.63) is 35.9 Å². The summed E-state index contributed by atoms with van der Waals surface area (Å²) in [6, 6.07) is 10.5. The Morgan fingerprint density at radius 3 is 2.35 bits per heavy atom. The van der Waals surface area contributed by atoms with Crippen LogP contribution in [0, 0.1) is 5.92 Å². The summed E-state index contributed by atoms with van der Waals surface area (Å²) >= 11 is 0. The van der Waals surface area contributed by atoms with E-state index in [1.807, 2.05) is 18.2 Å². The maximum atomic E-state index is 6.14. The molecule has 2 heteroatoms. The van der Waals surface area contributed by atoms with Crippen LogP contribution >= 0.6 is 0 Å². The maximum Gasteiger partial charge on any atom is 0.0716 e. The molecule has 0 aliphatic heterocycles.